The molecular formula is C32H37FN8O4S. The molecule has 12 nitrogen and oxygen atoms in total. The van der Waals surface area contributed by atoms with Crippen molar-refractivity contribution >= 4 is 27.5 Å². The lowest BCUT2D eigenvalue weighted by atomic mass is 9.62. The maximum atomic E-state index is 14.3. The fraction of sp³-hybridized carbons (Fsp3) is 0.594. The van der Waals surface area contributed by atoms with Gasteiger partial charge in [0.25, 0.3) is 0 Å². The van der Waals surface area contributed by atoms with E-state index >= 15 is 0 Å². The molecule has 4 aliphatic rings. The number of aryl methyl sites for hydroxylation is 2. The zero-order valence-corrected chi connectivity index (χ0v) is 27.0. The van der Waals surface area contributed by atoms with Crippen LogP contribution >= 0.6 is 11.3 Å². The topological polar surface area (TPSA) is 150 Å². The van der Waals surface area contributed by atoms with Crippen LogP contribution in [0.4, 0.5) is 9.39 Å². The second-order valence-electron chi connectivity index (χ2n) is 13.3. The number of rotatable bonds is 5. The number of likely N-dealkylation sites (N-methyl/N-ethyl adjacent to an activating group) is 1. The Morgan fingerprint density at radius 1 is 1.24 bits per heavy atom. The van der Waals surface area contributed by atoms with Crippen molar-refractivity contribution in [3.8, 4) is 23.5 Å². The molecule has 2 N–H and O–H groups in total. The Kier molecular flexibility index (Phi) is 7.00. The Morgan fingerprint density at radius 2 is 2.04 bits per heavy atom. The number of aromatic nitrogens is 5. The van der Waals surface area contributed by atoms with Gasteiger partial charge in [0.15, 0.2) is 11.2 Å². The normalized spacial score (nSPS) is 26.8. The average molecular weight is 649 g/mol. The highest BCUT2D eigenvalue weighted by Gasteiger charge is 2.48. The molecule has 0 bridgehead atoms. The number of ether oxygens (including phenoxy) is 2. The summed E-state index contributed by atoms with van der Waals surface area (Å²) in [7, 11) is 3.58. The number of nitrogen functional groups attached to an aromatic ring is 1. The Bertz CT molecular complexity index is 1950. The third-order valence-corrected chi connectivity index (χ3v) is 11.7. The lowest BCUT2D eigenvalue weighted by Crippen LogP contribution is -2.38. The number of anilines is 1. The minimum absolute atomic E-state index is 0.156. The first-order valence-corrected chi connectivity index (χ1v) is 16.9. The monoisotopic (exact) mass is 648 g/mol. The number of hydrogen-bond donors (Lipinski definition) is 1. The van der Waals surface area contributed by atoms with Gasteiger partial charge in [-0.25, -0.2) is 14.2 Å². The molecule has 2 aliphatic carbocycles. The van der Waals surface area contributed by atoms with Gasteiger partial charge in [-0.15, -0.1) is 11.3 Å². The van der Waals surface area contributed by atoms with E-state index in [-0.39, 0.29) is 29.5 Å². The van der Waals surface area contributed by atoms with Crippen molar-refractivity contribution in [3.63, 3.8) is 0 Å². The van der Waals surface area contributed by atoms with Crippen LogP contribution in [0.2, 0.25) is 0 Å². The van der Waals surface area contributed by atoms with Gasteiger partial charge in [0.1, 0.15) is 23.3 Å². The molecule has 0 unspecified atom stereocenters. The number of nitrogens with zero attached hydrogens (tertiary/aromatic N) is 7. The van der Waals surface area contributed by atoms with E-state index in [2.05, 4.69) is 11.2 Å². The van der Waals surface area contributed by atoms with Gasteiger partial charge in [0.2, 0.25) is 17.5 Å². The molecule has 0 aromatic carbocycles. The van der Waals surface area contributed by atoms with Gasteiger partial charge in [-0.2, -0.15) is 10.2 Å². The molecule has 4 aromatic heterocycles. The second-order valence-corrected chi connectivity index (χ2v) is 14.4. The van der Waals surface area contributed by atoms with Crippen LogP contribution in [0.15, 0.2) is 9.32 Å². The van der Waals surface area contributed by atoms with Gasteiger partial charge < -0.3 is 19.7 Å². The number of nitriles is 1. The van der Waals surface area contributed by atoms with E-state index in [1.807, 2.05) is 18.9 Å². The highest BCUT2D eigenvalue weighted by atomic mass is 32.1. The van der Waals surface area contributed by atoms with Gasteiger partial charge in [-0.05, 0) is 70.9 Å². The van der Waals surface area contributed by atoms with E-state index in [0.29, 0.717) is 66.5 Å². The predicted octanol–water partition coefficient (Wildman–Crippen LogP) is 4.03. The molecule has 0 radical (unpaired) electrons. The summed E-state index contributed by atoms with van der Waals surface area (Å²) < 4.78 is 35.9. The molecule has 1 spiro atoms. The molecule has 2 aliphatic heterocycles. The molecule has 4 aromatic rings. The van der Waals surface area contributed by atoms with Gasteiger partial charge in [-0.3, -0.25) is 14.0 Å². The number of halogens is 1. The fourth-order valence-electron chi connectivity index (χ4n) is 8.47. The number of likely N-dealkylation sites (tertiary alicyclic amines) is 1. The molecule has 2 saturated heterocycles. The number of thiophene rings is 1. The average Bonchev–Trinajstić information content (AvgIpc) is 3.85. The summed E-state index contributed by atoms with van der Waals surface area (Å²) in [6, 6.07) is 2.04. The van der Waals surface area contributed by atoms with Crippen LogP contribution in [0, 0.1) is 11.3 Å². The van der Waals surface area contributed by atoms with Gasteiger partial charge in [0.05, 0.1) is 23.9 Å². The van der Waals surface area contributed by atoms with Crippen LogP contribution in [0.5, 0.6) is 5.88 Å². The van der Waals surface area contributed by atoms with Crippen molar-refractivity contribution in [2.75, 3.05) is 32.5 Å². The van der Waals surface area contributed by atoms with Crippen molar-refractivity contribution in [1.82, 2.24) is 29.2 Å². The summed E-state index contributed by atoms with van der Waals surface area (Å²) in [6.07, 6.45) is 4.84. The molecule has 14 heteroatoms. The Labute approximate surface area is 268 Å². The van der Waals surface area contributed by atoms with Crippen LogP contribution in [-0.2, 0) is 30.0 Å². The zero-order valence-electron chi connectivity index (χ0n) is 26.2. The van der Waals surface area contributed by atoms with Gasteiger partial charge in [-0.1, -0.05) is 5.16 Å². The van der Waals surface area contributed by atoms with Crippen LogP contribution in [0.25, 0.3) is 22.7 Å². The molecular weight excluding hydrogens is 611 g/mol. The number of hydrogen-bond acceptors (Lipinski definition) is 11. The SMILES string of the molecule is C[C@H](Oc1nc(-c2onc3c2CCC[C@@]32CCCc3sc(N)c(C#N)c32)nc2c1n(C)c(=O)n2[C@@H]1CCOC1)[C@@H]1C[C@H](F)CN1C. The summed E-state index contributed by atoms with van der Waals surface area (Å²) in [5.41, 5.74) is 9.84. The second kappa shape index (κ2) is 10.9. The standard InChI is InChI=1S/C32H37FN8O4S/c1-16(21-12-17(33)14-39(21)2)44-30-24-29(41(31(42)40(24)3)18-8-11-43-15-18)36-28(37-30)25-19-6-4-9-32(26(19)38-45-25)10-5-7-22-23(32)20(13-34)27(35)46-22/h16-18,21H,4-12,14-15,35H2,1-3H3/t16-,17-,18+,21-,32-/m0/s1. The summed E-state index contributed by atoms with van der Waals surface area (Å²) in [5.74, 6) is 0.964. The molecule has 46 heavy (non-hydrogen) atoms. The minimum atomic E-state index is -0.927. The largest absolute Gasteiger partial charge is 0.471 e. The number of imidazole rings is 1. The molecule has 0 amide bonds. The predicted molar refractivity (Wildman–Crippen MR) is 169 cm³/mol. The quantitative estimate of drug-likeness (QED) is 0.336. The smallest absolute Gasteiger partial charge is 0.330 e. The lowest BCUT2D eigenvalue weighted by molar-refractivity contribution is 0.118. The minimum Gasteiger partial charge on any atom is -0.471 e. The van der Waals surface area contributed by atoms with E-state index in [9.17, 15) is 14.4 Å². The molecule has 242 valence electrons. The van der Waals surface area contributed by atoms with Gasteiger partial charge >= 0.3 is 5.69 Å². The molecule has 2 fully saturated rings. The van der Waals surface area contributed by atoms with Crippen LogP contribution in [0.3, 0.4) is 0 Å². The summed E-state index contributed by atoms with van der Waals surface area (Å²) in [5, 5.41) is 15.3. The molecule has 6 heterocycles. The first-order valence-electron chi connectivity index (χ1n) is 16.1. The number of alkyl halides is 1. The number of nitrogens with two attached hydrogens (primary N) is 1. The summed E-state index contributed by atoms with van der Waals surface area (Å²) in [6.45, 7) is 3.22. The van der Waals surface area contributed by atoms with Crippen molar-refractivity contribution in [1.29, 1.82) is 5.26 Å². The Hall–Kier alpha value is -3.80. The van der Waals surface area contributed by atoms with Crippen LogP contribution < -0.4 is 16.2 Å². The van der Waals surface area contributed by atoms with Crippen LogP contribution in [-0.4, -0.2) is 74.3 Å². The lowest BCUT2D eigenvalue weighted by Gasteiger charge is -2.39. The Balaban J connectivity index is 1.30. The van der Waals surface area contributed by atoms with E-state index in [4.69, 9.17) is 29.7 Å². The number of fused-ring (bicyclic) bond motifs is 5. The van der Waals surface area contributed by atoms with Crippen molar-refractivity contribution in [2.24, 2.45) is 7.05 Å². The zero-order chi connectivity index (χ0) is 31.9. The van der Waals surface area contributed by atoms with E-state index in [1.165, 1.54) is 15.9 Å². The summed E-state index contributed by atoms with van der Waals surface area (Å²) >= 11 is 1.51. The maximum absolute atomic E-state index is 14.3. The molecule has 5 atom stereocenters. The third kappa shape index (κ3) is 4.28. The van der Waals surface area contributed by atoms with E-state index in [0.717, 1.165) is 53.8 Å². The van der Waals surface area contributed by atoms with Gasteiger partial charge in [0, 0.05) is 42.1 Å². The van der Waals surface area contributed by atoms with Crippen molar-refractivity contribution < 1.29 is 18.4 Å². The van der Waals surface area contributed by atoms with Crippen molar-refractivity contribution in [3.05, 3.63) is 37.7 Å². The first kappa shape index (κ1) is 29.6. The van der Waals surface area contributed by atoms with E-state index in [1.54, 1.807) is 11.6 Å². The Morgan fingerprint density at radius 3 is 2.76 bits per heavy atom. The molecule has 0 saturated carbocycles. The molecule has 8 rings (SSSR count). The highest BCUT2D eigenvalue weighted by molar-refractivity contribution is 7.16. The maximum Gasteiger partial charge on any atom is 0.330 e. The van der Waals surface area contributed by atoms with E-state index < -0.39 is 17.7 Å². The summed E-state index contributed by atoms with van der Waals surface area (Å²) in [4.78, 5) is 26.7. The fourth-order valence-corrected chi connectivity index (χ4v) is 9.63. The third-order valence-electron chi connectivity index (χ3n) is 10.6. The first-order chi connectivity index (χ1) is 22.2. The van der Waals surface area contributed by atoms with Crippen LogP contribution in [0.1, 0.15) is 78.8 Å². The highest BCUT2D eigenvalue weighted by Crippen LogP contribution is 2.54. The van der Waals surface area contributed by atoms with Crippen molar-refractivity contribution in [2.45, 2.75) is 88.1 Å².